The van der Waals surface area contributed by atoms with Crippen molar-refractivity contribution < 1.29 is 4.74 Å². The molecule has 0 amide bonds. The van der Waals surface area contributed by atoms with Crippen molar-refractivity contribution in [2.75, 3.05) is 23.8 Å². The second-order valence-electron chi connectivity index (χ2n) is 5.44. The van der Waals surface area contributed by atoms with Crippen LogP contribution < -0.4 is 10.6 Å². The highest BCUT2D eigenvalue weighted by molar-refractivity contribution is 5.81. The Kier molecular flexibility index (Phi) is 2.41. The third kappa shape index (κ3) is 1.76. The van der Waals surface area contributed by atoms with Gasteiger partial charge in [-0.15, -0.1) is 0 Å². The van der Waals surface area contributed by atoms with Gasteiger partial charge >= 0.3 is 0 Å². The second kappa shape index (κ2) is 4.13. The van der Waals surface area contributed by atoms with E-state index < -0.39 is 0 Å². The van der Waals surface area contributed by atoms with Crippen molar-refractivity contribution in [2.24, 2.45) is 0 Å². The van der Waals surface area contributed by atoms with Gasteiger partial charge in [-0.05, 0) is 37.5 Å². The number of nitrogens with two attached hydrogens (primary N) is 1. The Bertz CT molecular complexity index is 609. The minimum atomic E-state index is 0.382. The topological polar surface area (TPSA) is 67.2 Å². The number of aromatic nitrogens is 2. The molecule has 1 saturated carbocycles. The lowest BCUT2D eigenvalue weighted by Gasteiger charge is -2.37. The van der Waals surface area contributed by atoms with Gasteiger partial charge in [0.15, 0.2) is 0 Å². The normalized spacial score (nSPS) is 26.8. The first-order chi connectivity index (χ1) is 9.31. The van der Waals surface area contributed by atoms with Crippen molar-refractivity contribution >= 4 is 22.7 Å². The standard InChI is InChI=1S/C14H18N4O/c15-9-4-5-10-11(8-9)17-14(16-10)18-6-7-19-13-3-1-2-12(13)18/h4-5,8,12-13H,1-3,6-7,15H2,(H,16,17). The first-order valence-electron chi connectivity index (χ1n) is 6.95. The number of ether oxygens (including phenoxy) is 1. The van der Waals surface area contributed by atoms with Crippen LogP contribution >= 0.6 is 0 Å². The maximum absolute atomic E-state index is 5.84. The summed E-state index contributed by atoms with van der Waals surface area (Å²) in [5, 5.41) is 0. The summed E-state index contributed by atoms with van der Waals surface area (Å²) in [7, 11) is 0. The molecule has 0 spiro atoms. The zero-order valence-electron chi connectivity index (χ0n) is 10.8. The highest BCUT2D eigenvalue weighted by Gasteiger charge is 2.37. The van der Waals surface area contributed by atoms with Gasteiger partial charge in [-0.2, -0.15) is 0 Å². The van der Waals surface area contributed by atoms with E-state index in [4.69, 9.17) is 15.5 Å². The number of anilines is 2. The van der Waals surface area contributed by atoms with Crippen LogP contribution in [0.5, 0.6) is 0 Å². The largest absolute Gasteiger partial charge is 0.399 e. The average Bonchev–Trinajstić information content (AvgIpc) is 3.03. The molecular weight excluding hydrogens is 240 g/mol. The molecule has 0 bridgehead atoms. The number of rotatable bonds is 1. The molecule has 2 aliphatic rings. The zero-order valence-corrected chi connectivity index (χ0v) is 10.8. The Morgan fingerprint density at radius 3 is 3.26 bits per heavy atom. The van der Waals surface area contributed by atoms with Gasteiger partial charge in [0.1, 0.15) is 0 Å². The van der Waals surface area contributed by atoms with Crippen LogP contribution in [0.25, 0.3) is 11.0 Å². The number of aromatic amines is 1. The Morgan fingerprint density at radius 1 is 1.37 bits per heavy atom. The monoisotopic (exact) mass is 258 g/mol. The van der Waals surface area contributed by atoms with Crippen LogP contribution in [0.15, 0.2) is 18.2 Å². The second-order valence-corrected chi connectivity index (χ2v) is 5.44. The van der Waals surface area contributed by atoms with Gasteiger partial charge in [0.05, 0.1) is 29.8 Å². The van der Waals surface area contributed by atoms with Gasteiger partial charge in [-0.3, -0.25) is 0 Å². The summed E-state index contributed by atoms with van der Waals surface area (Å²) >= 11 is 0. The summed E-state index contributed by atoms with van der Waals surface area (Å²) in [6.07, 6.45) is 4.00. The Balaban J connectivity index is 1.72. The number of nitrogens with zero attached hydrogens (tertiary/aromatic N) is 2. The van der Waals surface area contributed by atoms with E-state index in [1.54, 1.807) is 0 Å². The SMILES string of the molecule is Nc1ccc2nc(N3CCOC4CCCC43)[nH]c2c1. The zero-order chi connectivity index (χ0) is 12.8. The molecule has 1 saturated heterocycles. The van der Waals surface area contributed by atoms with E-state index >= 15 is 0 Å². The van der Waals surface area contributed by atoms with Gasteiger partial charge in [0.25, 0.3) is 0 Å². The number of nitrogens with one attached hydrogen (secondary N) is 1. The van der Waals surface area contributed by atoms with Gasteiger partial charge in [0.2, 0.25) is 5.95 Å². The van der Waals surface area contributed by atoms with Crippen LogP contribution in [0, 0.1) is 0 Å². The first kappa shape index (κ1) is 11.1. The lowest BCUT2D eigenvalue weighted by Crippen LogP contribution is -2.49. The van der Waals surface area contributed by atoms with Gasteiger partial charge < -0.3 is 20.4 Å². The van der Waals surface area contributed by atoms with Crippen LogP contribution in [-0.2, 0) is 4.74 Å². The van der Waals surface area contributed by atoms with Gasteiger partial charge in [0, 0.05) is 12.2 Å². The molecule has 5 nitrogen and oxygen atoms in total. The lowest BCUT2D eigenvalue weighted by molar-refractivity contribution is 0.0250. The summed E-state index contributed by atoms with van der Waals surface area (Å²) in [6, 6.07) is 6.28. The van der Waals surface area contributed by atoms with Crippen LogP contribution in [0.4, 0.5) is 11.6 Å². The molecule has 19 heavy (non-hydrogen) atoms. The van der Waals surface area contributed by atoms with Crippen molar-refractivity contribution in [3.8, 4) is 0 Å². The number of nitrogen functional groups attached to an aromatic ring is 1. The third-order valence-corrected chi connectivity index (χ3v) is 4.25. The lowest BCUT2D eigenvalue weighted by atomic mass is 10.1. The third-order valence-electron chi connectivity index (χ3n) is 4.25. The van der Waals surface area contributed by atoms with E-state index in [2.05, 4.69) is 9.88 Å². The average molecular weight is 258 g/mol. The summed E-state index contributed by atoms with van der Waals surface area (Å²) in [5.41, 5.74) is 8.57. The molecule has 100 valence electrons. The molecule has 2 fully saturated rings. The minimum absolute atomic E-state index is 0.382. The Morgan fingerprint density at radius 2 is 2.32 bits per heavy atom. The van der Waals surface area contributed by atoms with Crippen LogP contribution in [0.1, 0.15) is 19.3 Å². The number of morpholine rings is 1. The van der Waals surface area contributed by atoms with Crippen LogP contribution in [-0.4, -0.2) is 35.3 Å². The van der Waals surface area contributed by atoms with Crippen molar-refractivity contribution in [1.82, 2.24) is 9.97 Å². The van der Waals surface area contributed by atoms with E-state index in [1.165, 1.54) is 19.3 Å². The van der Waals surface area contributed by atoms with E-state index in [-0.39, 0.29) is 0 Å². The van der Waals surface area contributed by atoms with Crippen molar-refractivity contribution in [3.05, 3.63) is 18.2 Å². The van der Waals surface area contributed by atoms with Crippen molar-refractivity contribution in [2.45, 2.75) is 31.4 Å². The molecule has 1 aliphatic heterocycles. The molecule has 2 aromatic rings. The van der Waals surface area contributed by atoms with Gasteiger partial charge in [-0.25, -0.2) is 4.98 Å². The smallest absolute Gasteiger partial charge is 0.204 e. The molecule has 1 aromatic carbocycles. The van der Waals surface area contributed by atoms with Crippen molar-refractivity contribution in [1.29, 1.82) is 0 Å². The molecule has 3 N–H and O–H groups in total. The maximum atomic E-state index is 5.84. The summed E-state index contributed by atoms with van der Waals surface area (Å²) in [5.74, 6) is 0.959. The highest BCUT2D eigenvalue weighted by Crippen LogP contribution is 2.32. The molecule has 2 heterocycles. The van der Waals surface area contributed by atoms with E-state index in [9.17, 15) is 0 Å². The molecule has 1 aliphatic carbocycles. The van der Waals surface area contributed by atoms with Crippen LogP contribution in [0.3, 0.4) is 0 Å². The van der Waals surface area contributed by atoms with Gasteiger partial charge in [-0.1, -0.05) is 0 Å². The Hall–Kier alpha value is -1.75. The molecule has 0 radical (unpaired) electrons. The molecule has 1 aromatic heterocycles. The first-order valence-corrected chi connectivity index (χ1v) is 6.95. The van der Waals surface area contributed by atoms with Crippen molar-refractivity contribution in [3.63, 3.8) is 0 Å². The number of hydrogen-bond donors (Lipinski definition) is 2. The number of H-pyrrole nitrogens is 1. The summed E-state index contributed by atoms with van der Waals surface area (Å²) in [6.45, 7) is 1.71. The quantitative estimate of drug-likeness (QED) is 0.767. The molecule has 2 atom stereocenters. The molecule has 4 rings (SSSR count). The van der Waals surface area contributed by atoms with E-state index in [0.29, 0.717) is 12.1 Å². The predicted molar refractivity (Wildman–Crippen MR) is 75.2 cm³/mol. The number of benzene rings is 1. The fraction of sp³-hybridized carbons (Fsp3) is 0.500. The summed E-state index contributed by atoms with van der Waals surface area (Å²) < 4.78 is 5.84. The maximum Gasteiger partial charge on any atom is 0.204 e. The predicted octanol–water partition coefficient (Wildman–Crippen LogP) is 1.90. The Labute approximate surface area is 111 Å². The number of imidazole rings is 1. The van der Waals surface area contributed by atoms with Crippen LogP contribution in [0.2, 0.25) is 0 Å². The molecular formula is C14H18N4O. The van der Waals surface area contributed by atoms with E-state index in [0.717, 1.165) is 35.8 Å². The fourth-order valence-corrected chi connectivity index (χ4v) is 3.34. The number of fused-ring (bicyclic) bond motifs is 2. The fourth-order valence-electron chi connectivity index (χ4n) is 3.34. The molecule has 5 heteroatoms. The molecule has 2 unspecified atom stereocenters. The number of hydrogen-bond acceptors (Lipinski definition) is 4. The van der Waals surface area contributed by atoms with E-state index in [1.807, 2.05) is 18.2 Å². The highest BCUT2D eigenvalue weighted by atomic mass is 16.5. The summed E-state index contributed by atoms with van der Waals surface area (Å²) in [4.78, 5) is 10.5. The minimum Gasteiger partial charge on any atom is -0.399 e.